The van der Waals surface area contributed by atoms with Crippen LogP contribution < -0.4 is 4.74 Å². The average Bonchev–Trinajstić information content (AvgIpc) is 3.27. The lowest BCUT2D eigenvalue weighted by atomic mass is 9.83. The lowest BCUT2D eigenvalue weighted by molar-refractivity contribution is -0.153. The highest BCUT2D eigenvalue weighted by Gasteiger charge is 2.53. The highest BCUT2D eigenvalue weighted by Crippen LogP contribution is 2.42. The summed E-state index contributed by atoms with van der Waals surface area (Å²) in [6.45, 7) is 1.62. The number of para-hydroxylation sites is 1. The van der Waals surface area contributed by atoms with Gasteiger partial charge in [-0.15, -0.1) is 0 Å². The van der Waals surface area contributed by atoms with Gasteiger partial charge in [0.05, 0.1) is 17.0 Å². The predicted molar refractivity (Wildman–Crippen MR) is 127 cm³/mol. The molecule has 1 aliphatic carbocycles. The van der Waals surface area contributed by atoms with Gasteiger partial charge < -0.3 is 14.9 Å². The molecule has 2 atom stereocenters. The minimum absolute atomic E-state index is 0.0386. The Bertz CT molecular complexity index is 1310. The largest absolute Gasteiger partial charge is 0.489 e. The zero-order valence-corrected chi connectivity index (χ0v) is 20.0. The predicted octanol–water partition coefficient (Wildman–Crippen LogP) is 3.36. The Morgan fingerprint density at radius 1 is 1.21 bits per heavy atom. The molecule has 0 radical (unpaired) electrons. The van der Waals surface area contributed by atoms with Crippen LogP contribution in [0.15, 0.2) is 59.5 Å². The molecule has 0 unspecified atom stereocenters. The number of aryl methyl sites for hydroxylation is 1. The molecule has 0 amide bonds. The third-order valence-corrected chi connectivity index (χ3v) is 8.59. The van der Waals surface area contributed by atoms with Crippen LogP contribution in [0.4, 0.5) is 0 Å². The summed E-state index contributed by atoms with van der Waals surface area (Å²) >= 11 is 0. The molecular weight excluding hydrogens is 456 g/mol. The Kier molecular flexibility index (Phi) is 6.62. The van der Waals surface area contributed by atoms with E-state index in [0.29, 0.717) is 25.2 Å². The summed E-state index contributed by atoms with van der Waals surface area (Å²) in [7, 11) is -2.59. The lowest BCUT2D eigenvalue weighted by Crippen LogP contribution is -2.51. The van der Waals surface area contributed by atoms with Crippen molar-refractivity contribution in [1.29, 1.82) is 0 Å². The number of carboxylic acids is 1. The number of carbonyl (C=O) groups is 1. The molecule has 2 N–H and O–H groups in total. The van der Waals surface area contributed by atoms with Crippen molar-refractivity contribution >= 4 is 26.9 Å². The Balaban J connectivity index is 1.52. The van der Waals surface area contributed by atoms with Gasteiger partial charge in [0.2, 0.25) is 10.0 Å². The minimum Gasteiger partial charge on any atom is -0.489 e. The molecule has 1 fully saturated rings. The SMILES string of the molecule is Cc1cc(COc2ccc(S(=O)(=O)N(C)[C@@H]3CCC[C@]3(CO)C(=O)O)cc2)c2ccccc2n1. The number of sulfonamides is 1. The maximum Gasteiger partial charge on any atom is 0.313 e. The van der Waals surface area contributed by atoms with Gasteiger partial charge in [0, 0.05) is 29.7 Å². The van der Waals surface area contributed by atoms with Crippen LogP contribution in [0, 0.1) is 12.3 Å². The van der Waals surface area contributed by atoms with Crippen LogP contribution in [0.2, 0.25) is 0 Å². The van der Waals surface area contributed by atoms with Gasteiger partial charge in [-0.05, 0) is 56.2 Å². The lowest BCUT2D eigenvalue weighted by Gasteiger charge is -2.35. The van der Waals surface area contributed by atoms with Gasteiger partial charge in [0.25, 0.3) is 0 Å². The topological polar surface area (TPSA) is 117 Å². The van der Waals surface area contributed by atoms with E-state index in [0.717, 1.165) is 26.5 Å². The number of aliphatic carboxylic acids is 1. The smallest absolute Gasteiger partial charge is 0.313 e. The molecule has 0 aliphatic heterocycles. The van der Waals surface area contributed by atoms with E-state index in [1.165, 1.54) is 19.2 Å². The Labute approximate surface area is 198 Å². The number of ether oxygens (including phenoxy) is 1. The third kappa shape index (κ3) is 4.26. The normalized spacial score (nSPS) is 20.6. The molecule has 4 rings (SSSR count). The summed E-state index contributed by atoms with van der Waals surface area (Å²) in [5, 5.41) is 20.5. The van der Waals surface area contributed by atoms with Crippen LogP contribution >= 0.6 is 0 Å². The van der Waals surface area contributed by atoms with Gasteiger partial charge >= 0.3 is 5.97 Å². The van der Waals surface area contributed by atoms with Gasteiger partial charge in [0.1, 0.15) is 17.8 Å². The number of hydrogen-bond donors (Lipinski definition) is 2. The zero-order valence-electron chi connectivity index (χ0n) is 19.1. The first-order chi connectivity index (χ1) is 16.2. The monoisotopic (exact) mass is 484 g/mol. The van der Waals surface area contributed by atoms with Gasteiger partial charge in [-0.2, -0.15) is 4.31 Å². The first kappa shape index (κ1) is 24.1. The molecule has 180 valence electrons. The van der Waals surface area contributed by atoms with E-state index < -0.39 is 34.1 Å². The molecule has 1 heterocycles. The molecule has 1 aliphatic rings. The Morgan fingerprint density at radius 2 is 1.91 bits per heavy atom. The van der Waals surface area contributed by atoms with E-state index in [2.05, 4.69) is 4.98 Å². The van der Waals surface area contributed by atoms with E-state index in [4.69, 9.17) is 4.74 Å². The molecule has 1 saturated carbocycles. The van der Waals surface area contributed by atoms with Gasteiger partial charge in [0.15, 0.2) is 0 Å². The quantitative estimate of drug-likeness (QED) is 0.503. The minimum atomic E-state index is -3.96. The fraction of sp³-hybridized carbons (Fsp3) is 0.360. The standard InChI is InChI=1S/C25H28N2O6S/c1-17-14-18(21-6-3-4-7-22(21)26-17)15-33-19-9-11-20(12-10-19)34(31,32)27(2)23-8-5-13-25(23,16-28)24(29)30/h3-4,6-7,9-12,14,23,28H,5,8,13,15-16H2,1-2H3,(H,29,30)/t23-,25-/m1/s1. The van der Waals surface area contributed by atoms with Crippen molar-refractivity contribution in [2.24, 2.45) is 5.41 Å². The second-order valence-corrected chi connectivity index (χ2v) is 10.7. The Morgan fingerprint density at radius 3 is 2.59 bits per heavy atom. The van der Waals surface area contributed by atoms with Crippen molar-refractivity contribution in [3.05, 3.63) is 65.9 Å². The highest BCUT2D eigenvalue weighted by atomic mass is 32.2. The van der Waals surface area contributed by atoms with Crippen molar-refractivity contribution in [2.45, 2.75) is 43.7 Å². The molecule has 1 aromatic heterocycles. The van der Waals surface area contributed by atoms with Crippen LogP contribution in [0.5, 0.6) is 5.75 Å². The first-order valence-electron chi connectivity index (χ1n) is 11.1. The first-order valence-corrected chi connectivity index (χ1v) is 12.5. The molecule has 34 heavy (non-hydrogen) atoms. The number of fused-ring (bicyclic) bond motifs is 1. The third-order valence-electron chi connectivity index (χ3n) is 6.71. The summed E-state index contributed by atoms with van der Waals surface area (Å²) in [6, 6.07) is 15.0. The van der Waals surface area contributed by atoms with Crippen LogP contribution in [-0.4, -0.2) is 53.6 Å². The van der Waals surface area contributed by atoms with E-state index in [9.17, 15) is 23.4 Å². The van der Waals surface area contributed by atoms with E-state index in [1.807, 2.05) is 37.3 Å². The van der Waals surface area contributed by atoms with Crippen LogP contribution in [-0.2, 0) is 21.4 Å². The number of carboxylic acid groups (broad SMARTS) is 1. The summed E-state index contributed by atoms with van der Waals surface area (Å²) in [5.41, 5.74) is 1.26. The summed E-state index contributed by atoms with van der Waals surface area (Å²) in [5.74, 6) is -0.668. The summed E-state index contributed by atoms with van der Waals surface area (Å²) < 4.78 is 33.5. The number of pyridine rings is 1. The van der Waals surface area contributed by atoms with Gasteiger partial charge in [-0.1, -0.05) is 24.6 Å². The van der Waals surface area contributed by atoms with Crippen molar-refractivity contribution in [1.82, 2.24) is 9.29 Å². The molecular formula is C25H28N2O6S. The van der Waals surface area contributed by atoms with Crippen molar-refractivity contribution in [2.75, 3.05) is 13.7 Å². The second kappa shape index (κ2) is 9.32. The van der Waals surface area contributed by atoms with Crippen LogP contribution in [0.25, 0.3) is 10.9 Å². The molecule has 0 bridgehead atoms. The van der Waals surface area contributed by atoms with Gasteiger partial charge in [-0.3, -0.25) is 9.78 Å². The van der Waals surface area contributed by atoms with E-state index >= 15 is 0 Å². The van der Waals surface area contributed by atoms with Crippen molar-refractivity contribution in [3.8, 4) is 5.75 Å². The van der Waals surface area contributed by atoms with E-state index in [-0.39, 0.29) is 11.3 Å². The number of nitrogens with zero attached hydrogens (tertiary/aromatic N) is 2. The fourth-order valence-electron chi connectivity index (χ4n) is 4.80. The second-order valence-electron chi connectivity index (χ2n) is 8.75. The number of benzene rings is 2. The van der Waals surface area contributed by atoms with E-state index in [1.54, 1.807) is 12.1 Å². The number of rotatable bonds is 8. The molecule has 9 heteroatoms. The molecule has 3 aromatic rings. The summed E-state index contributed by atoms with van der Waals surface area (Å²) in [4.78, 5) is 16.4. The number of aliphatic hydroxyl groups excluding tert-OH is 1. The maximum absolute atomic E-state index is 13.2. The number of aliphatic hydroxyl groups is 1. The number of aromatic nitrogens is 1. The molecule has 0 saturated heterocycles. The van der Waals surface area contributed by atoms with Crippen LogP contribution in [0.1, 0.15) is 30.5 Å². The van der Waals surface area contributed by atoms with Crippen molar-refractivity contribution in [3.63, 3.8) is 0 Å². The van der Waals surface area contributed by atoms with Gasteiger partial charge in [-0.25, -0.2) is 8.42 Å². The number of hydrogen-bond acceptors (Lipinski definition) is 6. The molecule has 8 nitrogen and oxygen atoms in total. The average molecular weight is 485 g/mol. The highest BCUT2D eigenvalue weighted by molar-refractivity contribution is 7.89. The maximum atomic E-state index is 13.2. The Hall–Kier alpha value is -3.01. The summed E-state index contributed by atoms with van der Waals surface area (Å²) in [6.07, 6.45) is 1.15. The van der Waals surface area contributed by atoms with Crippen molar-refractivity contribution < 1.29 is 28.2 Å². The molecule has 0 spiro atoms. The zero-order chi connectivity index (χ0) is 24.5. The fourth-order valence-corrected chi connectivity index (χ4v) is 6.26. The molecule has 2 aromatic carbocycles. The van der Waals surface area contributed by atoms with Crippen LogP contribution in [0.3, 0.4) is 0 Å².